The van der Waals surface area contributed by atoms with Gasteiger partial charge in [-0.3, -0.25) is 0 Å². The molecule has 4 heavy (non-hydrogen) atoms. The van der Waals surface area contributed by atoms with Crippen LogP contribution in [0.4, 0.5) is 0 Å². The Balaban J connectivity index is 0. The van der Waals surface area contributed by atoms with E-state index in [2.05, 4.69) is 0 Å². The van der Waals surface area contributed by atoms with E-state index in [9.17, 15) is 0 Å². The van der Waals surface area contributed by atoms with Gasteiger partial charge in [0.1, 0.15) is 0 Å². The van der Waals surface area contributed by atoms with Crippen LogP contribution in [0, 0.1) is 0 Å². The van der Waals surface area contributed by atoms with Crippen LogP contribution in [0.2, 0.25) is 0 Å². The molecule has 0 saturated carbocycles. The molecule has 0 spiro atoms. The Morgan fingerprint density at radius 1 is 1.00 bits per heavy atom. The maximum atomic E-state index is 0. The topological polar surface area (TPSA) is 31.5 Å². The van der Waals surface area contributed by atoms with Gasteiger partial charge in [-0.2, -0.15) is 0 Å². The SMILES string of the molecule is O.[PbH2].[Ti].[Zr]. The first-order valence-corrected chi connectivity index (χ1v) is 0. The van der Waals surface area contributed by atoms with Crippen LogP contribution in [0.15, 0.2) is 0 Å². The van der Waals surface area contributed by atoms with Crippen molar-refractivity contribution in [3.05, 3.63) is 0 Å². The first-order valence-electron chi connectivity index (χ1n) is 0. The third kappa shape index (κ3) is 8.82. The van der Waals surface area contributed by atoms with Gasteiger partial charge in [-0.05, 0) is 0 Å². The van der Waals surface area contributed by atoms with Crippen molar-refractivity contribution in [2.45, 2.75) is 0 Å². The Labute approximate surface area is 79.4 Å². The fourth-order valence-corrected chi connectivity index (χ4v) is 0. The average molecular weight is 366 g/mol. The van der Waals surface area contributed by atoms with Crippen LogP contribution in [0.1, 0.15) is 0 Å². The molecule has 0 fully saturated rings. The van der Waals surface area contributed by atoms with Gasteiger partial charge in [0, 0.05) is 47.9 Å². The van der Waals surface area contributed by atoms with Crippen molar-refractivity contribution in [3.8, 4) is 0 Å². The molecular weight excluding hydrogens is 362 g/mol. The van der Waals surface area contributed by atoms with Gasteiger partial charge in [0.25, 0.3) is 0 Å². The van der Waals surface area contributed by atoms with E-state index >= 15 is 0 Å². The summed E-state index contributed by atoms with van der Waals surface area (Å²) in [6, 6.07) is 0. The van der Waals surface area contributed by atoms with Crippen LogP contribution in [0.3, 0.4) is 0 Å². The van der Waals surface area contributed by atoms with Gasteiger partial charge in [-0.25, -0.2) is 0 Å². The van der Waals surface area contributed by atoms with E-state index in [4.69, 9.17) is 0 Å². The Hall–Kier alpha value is 2.48. The van der Waals surface area contributed by atoms with E-state index in [0.717, 1.165) is 0 Å². The summed E-state index contributed by atoms with van der Waals surface area (Å²) in [5.41, 5.74) is 0. The Bertz CT molecular complexity index is 8.00. The molecule has 0 aromatic carbocycles. The summed E-state index contributed by atoms with van der Waals surface area (Å²) in [5, 5.41) is 0. The van der Waals surface area contributed by atoms with Crippen molar-refractivity contribution in [2.24, 2.45) is 0 Å². The molecule has 0 saturated heterocycles. The normalized spacial score (nSPS) is 0. The summed E-state index contributed by atoms with van der Waals surface area (Å²) in [5.74, 6) is 0. The molecule has 4 heteroatoms. The van der Waals surface area contributed by atoms with Crippen LogP contribution in [-0.4, -0.2) is 32.8 Å². The first-order chi connectivity index (χ1) is 0. The fraction of sp³-hybridized carbons (Fsp3) is 0. The standard InChI is InChI=1S/H2O.Pb.Ti.Zr.2H/h1H2;;;;;. The van der Waals surface area contributed by atoms with Crippen LogP contribution < -0.4 is 0 Å². The number of hydrogen-bond acceptors (Lipinski definition) is 0. The first kappa shape index (κ1) is 31.6. The van der Waals surface area contributed by atoms with E-state index in [1.807, 2.05) is 0 Å². The van der Waals surface area contributed by atoms with E-state index in [1.54, 1.807) is 0 Å². The molecule has 0 rings (SSSR count). The molecule has 2 radical (unpaired) electrons. The van der Waals surface area contributed by atoms with Gasteiger partial charge in [0.15, 0.2) is 0 Å². The predicted molar refractivity (Wildman–Crippen MR) is 12.2 cm³/mol. The summed E-state index contributed by atoms with van der Waals surface area (Å²) in [4.78, 5) is 0. The second kappa shape index (κ2) is 17.9. The van der Waals surface area contributed by atoms with E-state index in [1.165, 1.54) is 0 Å². The van der Waals surface area contributed by atoms with Crippen molar-refractivity contribution < 1.29 is 53.4 Å². The van der Waals surface area contributed by atoms with E-state index < -0.39 is 0 Å². The minimum Gasteiger partial charge on any atom is 0 e. The van der Waals surface area contributed by atoms with E-state index in [0.29, 0.717) is 0 Å². The van der Waals surface area contributed by atoms with Crippen LogP contribution in [-0.2, 0) is 47.9 Å². The van der Waals surface area contributed by atoms with Gasteiger partial charge < -0.3 is 5.48 Å². The van der Waals surface area contributed by atoms with Crippen LogP contribution in [0.5, 0.6) is 0 Å². The summed E-state index contributed by atoms with van der Waals surface area (Å²) in [6.45, 7) is 0. The predicted octanol–water partition coefficient (Wildman–Crippen LogP) is -1.75. The summed E-state index contributed by atoms with van der Waals surface area (Å²) >= 11 is 0. The third-order valence-electron chi connectivity index (χ3n) is 0. The van der Waals surface area contributed by atoms with Crippen LogP contribution >= 0.6 is 0 Å². The van der Waals surface area contributed by atoms with Gasteiger partial charge in [-0.15, -0.1) is 0 Å². The molecule has 0 aliphatic rings. The summed E-state index contributed by atoms with van der Waals surface area (Å²) in [6.07, 6.45) is 0. The molecule has 22 valence electrons. The monoisotopic (exact) mass is 366 g/mol. The zero-order valence-corrected chi connectivity index (χ0v) is 11.7. The minimum absolute atomic E-state index is 0. The summed E-state index contributed by atoms with van der Waals surface area (Å²) in [7, 11) is 0. The maximum absolute atomic E-state index is 0. The maximum Gasteiger partial charge on any atom is 0 e. The molecule has 0 heterocycles. The van der Waals surface area contributed by atoms with Gasteiger partial charge >= 0.3 is 27.3 Å². The molecule has 0 unspecified atom stereocenters. The second-order valence-electron chi connectivity index (χ2n) is 0. The molecule has 2 N–H and O–H groups in total. The van der Waals surface area contributed by atoms with Gasteiger partial charge in [-0.1, -0.05) is 0 Å². The molecule has 0 aromatic rings. The van der Waals surface area contributed by atoms with Crippen LogP contribution in [0.25, 0.3) is 0 Å². The molecule has 0 aliphatic carbocycles. The molecule has 0 aliphatic heterocycles. The van der Waals surface area contributed by atoms with Gasteiger partial charge in [0.2, 0.25) is 0 Å². The van der Waals surface area contributed by atoms with Crippen molar-refractivity contribution in [1.29, 1.82) is 0 Å². The molecular formula is H4OPbTiZr. The molecule has 0 aromatic heterocycles. The fourth-order valence-electron chi connectivity index (χ4n) is 0. The Morgan fingerprint density at radius 2 is 1.00 bits per heavy atom. The Morgan fingerprint density at radius 3 is 1.00 bits per heavy atom. The quantitative estimate of drug-likeness (QED) is 0.456. The molecule has 0 amide bonds. The molecule has 1 nitrogen and oxygen atoms in total. The number of rotatable bonds is 0. The molecule has 0 bridgehead atoms. The smallest absolute Gasteiger partial charge is 0 e. The van der Waals surface area contributed by atoms with E-state index in [-0.39, 0.29) is 80.7 Å². The Kier molecular flexibility index (Phi) is 141. The zero-order valence-electron chi connectivity index (χ0n) is 2.21. The largest absolute Gasteiger partial charge is 0 e. The summed E-state index contributed by atoms with van der Waals surface area (Å²) < 4.78 is 0. The van der Waals surface area contributed by atoms with Crippen molar-refractivity contribution in [3.63, 3.8) is 0 Å². The molecule has 0 atom stereocenters. The minimum atomic E-state index is 0. The van der Waals surface area contributed by atoms with Crippen molar-refractivity contribution in [1.82, 2.24) is 0 Å². The third-order valence-corrected chi connectivity index (χ3v) is 0. The average Bonchev–Trinajstić information content (AvgIpc) is 0. The van der Waals surface area contributed by atoms with Crippen molar-refractivity contribution >= 4 is 27.3 Å². The number of hydrogen-bond donors (Lipinski definition) is 0. The second-order valence-corrected chi connectivity index (χ2v) is 0. The van der Waals surface area contributed by atoms with Crippen molar-refractivity contribution in [2.75, 3.05) is 0 Å². The zero-order chi connectivity index (χ0) is 0. The van der Waals surface area contributed by atoms with Gasteiger partial charge in [0.05, 0.1) is 0 Å².